The maximum absolute atomic E-state index is 2.51. The van der Waals surface area contributed by atoms with Crippen LogP contribution in [0.2, 0.25) is 0 Å². The maximum atomic E-state index is 2.51. The fourth-order valence-electron chi connectivity index (χ4n) is 13.7. The van der Waals surface area contributed by atoms with Gasteiger partial charge < -0.3 is 4.57 Å². The summed E-state index contributed by atoms with van der Waals surface area (Å²) >= 11 is 0. The molecular weight excluding hydrogens is 915 g/mol. The van der Waals surface area contributed by atoms with Crippen LogP contribution in [-0.2, 0) is 5.41 Å². The summed E-state index contributed by atoms with van der Waals surface area (Å²) in [6.45, 7) is 0. The van der Waals surface area contributed by atoms with Gasteiger partial charge in [-0.05, 0) is 158 Å². The molecule has 13 aromatic carbocycles. The summed E-state index contributed by atoms with van der Waals surface area (Å²) in [6.07, 6.45) is 0. The number of para-hydroxylation sites is 1. The molecule has 16 rings (SSSR count). The van der Waals surface area contributed by atoms with E-state index < -0.39 is 5.41 Å². The monoisotopic (exact) mass is 961 g/mol. The van der Waals surface area contributed by atoms with Crippen LogP contribution in [0.3, 0.4) is 0 Å². The van der Waals surface area contributed by atoms with Gasteiger partial charge in [0.25, 0.3) is 0 Å². The number of fused-ring (bicyclic) bond motifs is 16. The van der Waals surface area contributed by atoms with Gasteiger partial charge in [-0.1, -0.05) is 249 Å². The lowest BCUT2D eigenvalue weighted by Crippen LogP contribution is -2.28. The van der Waals surface area contributed by atoms with E-state index in [1.54, 1.807) is 0 Å². The van der Waals surface area contributed by atoms with E-state index in [1.165, 1.54) is 143 Å². The molecule has 14 aromatic rings. The lowest BCUT2D eigenvalue weighted by molar-refractivity contribution is 0.769. The van der Waals surface area contributed by atoms with Crippen molar-refractivity contribution < 1.29 is 0 Å². The Bertz CT molecular complexity index is 4570. The van der Waals surface area contributed by atoms with E-state index in [1.807, 2.05) is 0 Å². The Balaban J connectivity index is 0.873. The zero-order valence-corrected chi connectivity index (χ0v) is 41.6. The van der Waals surface area contributed by atoms with Gasteiger partial charge in [0.2, 0.25) is 0 Å². The van der Waals surface area contributed by atoms with Crippen molar-refractivity contribution in [1.82, 2.24) is 4.57 Å². The number of hydrogen-bond acceptors (Lipinski definition) is 0. The van der Waals surface area contributed by atoms with E-state index in [2.05, 4.69) is 290 Å². The number of hydrogen-bond donors (Lipinski definition) is 0. The van der Waals surface area contributed by atoms with Crippen molar-refractivity contribution in [2.75, 3.05) is 0 Å². The molecule has 0 atom stereocenters. The first-order valence-electron chi connectivity index (χ1n) is 26.5. The van der Waals surface area contributed by atoms with Crippen LogP contribution in [0.4, 0.5) is 0 Å². The minimum absolute atomic E-state index is 0.474. The molecule has 0 bridgehead atoms. The SMILES string of the molecule is c1ccc(C2(c3ccccc3)c3ccccc3-c3cc4c(cc32)c2ccccc2n4-c2ccc(-c3c4ccccc4c(-c4ccc5c(c4)-c4ccccc4-c4ccccc4-c4ccccc4-5)c4ccccc34)cc2)cc1. The molecule has 2 aliphatic rings. The Morgan fingerprint density at radius 2 is 0.632 bits per heavy atom. The predicted octanol–water partition coefficient (Wildman–Crippen LogP) is 19.8. The van der Waals surface area contributed by atoms with Gasteiger partial charge in [-0.15, -0.1) is 0 Å². The fraction of sp³-hybridized carbons (Fsp3) is 0.0133. The highest BCUT2D eigenvalue weighted by molar-refractivity contribution is 6.22. The van der Waals surface area contributed by atoms with E-state index in [0.29, 0.717) is 0 Å². The van der Waals surface area contributed by atoms with Crippen LogP contribution in [0.25, 0.3) is 127 Å². The highest BCUT2D eigenvalue weighted by atomic mass is 15.0. The molecular formula is C75H47N. The Morgan fingerprint density at radius 1 is 0.224 bits per heavy atom. The average molecular weight is 962 g/mol. The van der Waals surface area contributed by atoms with Gasteiger partial charge in [0.15, 0.2) is 0 Å². The summed E-state index contributed by atoms with van der Waals surface area (Å²) in [5, 5.41) is 7.45. The van der Waals surface area contributed by atoms with Gasteiger partial charge >= 0.3 is 0 Å². The second-order valence-corrected chi connectivity index (χ2v) is 20.6. The van der Waals surface area contributed by atoms with Gasteiger partial charge in [0, 0.05) is 16.5 Å². The molecule has 0 saturated carbocycles. The molecule has 0 unspecified atom stereocenters. The molecule has 352 valence electrons. The zero-order valence-electron chi connectivity index (χ0n) is 41.6. The molecule has 0 spiro atoms. The van der Waals surface area contributed by atoms with Crippen molar-refractivity contribution >= 4 is 43.4 Å². The van der Waals surface area contributed by atoms with Crippen molar-refractivity contribution in [3.05, 3.63) is 307 Å². The fourth-order valence-corrected chi connectivity index (χ4v) is 13.7. The average Bonchev–Trinajstić information content (AvgIpc) is 4.10. The molecule has 0 saturated heterocycles. The normalized spacial score (nSPS) is 12.8. The number of nitrogens with zero attached hydrogens (tertiary/aromatic N) is 1. The Kier molecular flexibility index (Phi) is 9.32. The van der Waals surface area contributed by atoms with Crippen molar-refractivity contribution in [1.29, 1.82) is 0 Å². The minimum Gasteiger partial charge on any atom is -0.309 e. The van der Waals surface area contributed by atoms with Gasteiger partial charge in [-0.2, -0.15) is 0 Å². The van der Waals surface area contributed by atoms with Crippen LogP contribution < -0.4 is 0 Å². The zero-order chi connectivity index (χ0) is 49.9. The van der Waals surface area contributed by atoms with Crippen molar-refractivity contribution in [2.24, 2.45) is 0 Å². The van der Waals surface area contributed by atoms with Gasteiger partial charge in [0.1, 0.15) is 0 Å². The minimum atomic E-state index is -0.474. The molecule has 1 nitrogen and oxygen atoms in total. The quantitative estimate of drug-likeness (QED) is 0.152. The summed E-state index contributed by atoms with van der Waals surface area (Å²) < 4.78 is 2.48. The summed E-state index contributed by atoms with van der Waals surface area (Å²) in [4.78, 5) is 0. The van der Waals surface area contributed by atoms with Crippen molar-refractivity contribution in [3.8, 4) is 83.6 Å². The van der Waals surface area contributed by atoms with Crippen LogP contribution in [0, 0.1) is 0 Å². The van der Waals surface area contributed by atoms with Crippen LogP contribution >= 0.6 is 0 Å². The molecule has 0 fully saturated rings. The molecule has 0 aliphatic heterocycles. The Hall–Kier alpha value is -9.82. The molecule has 0 N–H and O–H groups in total. The molecule has 1 heterocycles. The third kappa shape index (κ3) is 6.03. The lowest BCUT2D eigenvalue weighted by atomic mass is 9.67. The molecule has 1 aromatic heterocycles. The van der Waals surface area contributed by atoms with Crippen LogP contribution in [-0.4, -0.2) is 4.57 Å². The smallest absolute Gasteiger partial charge is 0.0713 e. The number of benzene rings is 13. The third-order valence-corrected chi connectivity index (χ3v) is 16.8. The van der Waals surface area contributed by atoms with Crippen LogP contribution in [0.5, 0.6) is 0 Å². The first-order valence-corrected chi connectivity index (χ1v) is 26.5. The highest BCUT2D eigenvalue weighted by Gasteiger charge is 2.46. The molecule has 0 radical (unpaired) electrons. The Morgan fingerprint density at radius 3 is 1.17 bits per heavy atom. The van der Waals surface area contributed by atoms with Gasteiger partial charge in [0.05, 0.1) is 16.4 Å². The maximum Gasteiger partial charge on any atom is 0.0713 e. The van der Waals surface area contributed by atoms with E-state index in [-0.39, 0.29) is 0 Å². The van der Waals surface area contributed by atoms with E-state index in [0.717, 1.165) is 5.69 Å². The van der Waals surface area contributed by atoms with Crippen molar-refractivity contribution in [2.45, 2.75) is 5.41 Å². The second kappa shape index (κ2) is 16.6. The summed E-state index contributed by atoms with van der Waals surface area (Å²) in [5.74, 6) is 0. The summed E-state index contributed by atoms with van der Waals surface area (Å²) in [7, 11) is 0. The van der Waals surface area contributed by atoms with Crippen LogP contribution in [0.15, 0.2) is 285 Å². The van der Waals surface area contributed by atoms with Crippen LogP contribution in [0.1, 0.15) is 22.3 Å². The summed E-state index contributed by atoms with van der Waals surface area (Å²) in [6, 6.07) is 107. The standard InChI is InChI=1S/C75H47N/c1-3-21-50(22-4-1)75(51-23-5-2-6-24-51)69-37-19-17-31-60(69)67-47-72-68(46-70(67)75)61-32-18-20-38-71(61)76(72)52-42-39-48(40-43-52)73-62-33-13-15-35-64(62)74(65-36-16-14-34-63(65)73)49-41-44-59-57-29-10-9-27-55(57)53-25-7-8-26-54(53)56-28-11-12-30-58(56)66(59)45-49/h1-47H. The van der Waals surface area contributed by atoms with E-state index >= 15 is 0 Å². The topological polar surface area (TPSA) is 4.93 Å². The predicted molar refractivity (Wildman–Crippen MR) is 319 cm³/mol. The summed E-state index contributed by atoms with van der Waals surface area (Å²) in [5.41, 5.74) is 25.7. The van der Waals surface area contributed by atoms with E-state index in [4.69, 9.17) is 0 Å². The van der Waals surface area contributed by atoms with E-state index in [9.17, 15) is 0 Å². The van der Waals surface area contributed by atoms with Gasteiger partial charge in [-0.3, -0.25) is 0 Å². The highest BCUT2D eigenvalue weighted by Crippen LogP contribution is 2.58. The molecule has 76 heavy (non-hydrogen) atoms. The first-order chi connectivity index (χ1) is 37.7. The second-order valence-electron chi connectivity index (χ2n) is 20.6. The lowest BCUT2D eigenvalue weighted by Gasteiger charge is -2.33. The molecule has 2 aliphatic carbocycles. The number of aromatic nitrogens is 1. The number of rotatable bonds is 5. The Labute approximate surface area is 441 Å². The van der Waals surface area contributed by atoms with Gasteiger partial charge in [-0.25, -0.2) is 0 Å². The largest absolute Gasteiger partial charge is 0.309 e. The third-order valence-electron chi connectivity index (χ3n) is 16.8. The first kappa shape index (κ1) is 42.7. The molecule has 0 amide bonds. The van der Waals surface area contributed by atoms with Crippen molar-refractivity contribution in [3.63, 3.8) is 0 Å². The molecule has 1 heteroatoms.